The van der Waals surface area contributed by atoms with Crippen LogP contribution in [0.15, 0.2) is 53.7 Å². The Labute approximate surface area is 151 Å². The summed E-state index contributed by atoms with van der Waals surface area (Å²) in [6, 6.07) is 9.87. The normalized spacial score (nSPS) is 9.83. The minimum absolute atomic E-state index is 0. The molecule has 0 saturated carbocycles. The lowest BCUT2D eigenvalue weighted by molar-refractivity contribution is -0.00000508. The van der Waals surface area contributed by atoms with Crippen LogP contribution in [0.3, 0.4) is 0 Å². The van der Waals surface area contributed by atoms with E-state index in [9.17, 15) is 0 Å². The molecule has 1 aromatic heterocycles. The topological polar surface area (TPSA) is 43.4 Å². The third kappa shape index (κ3) is 5.86. The minimum Gasteiger partial charge on any atom is -1.00 e. The quantitative estimate of drug-likeness (QED) is 0.665. The van der Waals surface area contributed by atoms with Gasteiger partial charge in [-0.3, -0.25) is 4.98 Å². The van der Waals surface area contributed by atoms with Crippen molar-refractivity contribution in [2.75, 3.05) is 13.7 Å². The van der Waals surface area contributed by atoms with Crippen LogP contribution in [-0.4, -0.2) is 18.7 Å². The monoisotopic (exact) mass is 397 g/mol. The summed E-state index contributed by atoms with van der Waals surface area (Å²) in [7, 11) is 1.63. The first-order valence-corrected chi connectivity index (χ1v) is 7.74. The second-order valence-corrected chi connectivity index (χ2v) is 5.49. The molecule has 2 aromatic rings. The molecule has 0 aliphatic rings. The van der Waals surface area contributed by atoms with Crippen LogP contribution in [0.25, 0.3) is 0 Å². The molecule has 0 radical (unpaired) electrons. The molecule has 0 atom stereocenters. The number of pyridine rings is 1. The van der Waals surface area contributed by atoms with Crippen LogP contribution in [0.4, 0.5) is 0 Å². The molecule has 0 aliphatic carbocycles. The number of aromatic nitrogens is 1. The first-order chi connectivity index (χ1) is 10.7. The Bertz CT molecular complexity index is 623. The summed E-state index contributed by atoms with van der Waals surface area (Å²) in [4.78, 5) is 4.28. The summed E-state index contributed by atoms with van der Waals surface area (Å²) in [6.45, 7) is 5.52. The second-order valence-electron chi connectivity index (χ2n) is 4.63. The Kier molecular flexibility index (Phi) is 8.69. The van der Waals surface area contributed by atoms with Gasteiger partial charge in [0.25, 0.3) is 0 Å². The molecular formula is C17H19BrClN2O2-. The average molecular weight is 399 g/mol. The summed E-state index contributed by atoms with van der Waals surface area (Å²) < 4.78 is 11.9. The number of methoxy groups -OCH3 is 1. The van der Waals surface area contributed by atoms with Gasteiger partial charge in [-0.15, -0.1) is 0 Å². The van der Waals surface area contributed by atoms with Crippen molar-refractivity contribution >= 4 is 15.9 Å². The number of hydrogen-bond donors (Lipinski definition) is 1. The number of halogens is 2. The predicted octanol–water partition coefficient (Wildman–Crippen LogP) is 0.711. The predicted molar refractivity (Wildman–Crippen MR) is 91.2 cm³/mol. The number of nitrogens with one attached hydrogen (secondary N) is 1. The fourth-order valence-corrected chi connectivity index (χ4v) is 2.60. The highest BCUT2D eigenvalue weighted by Gasteiger charge is 2.11. The minimum atomic E-state index is 0. The maximum atomic E-state index is 5.62. The van der Waals surface area contributed by atoms with Crippen molar-refractivity contribution in [2.24, 2.45) is 0 Å². The first-order valence-electron chi connectivity index (χ1n) is 6.95. The van der Waals surface area contributed by atoms with Gasteiger partial charge in [0.1, 0.15) is 6.61 Å². The van der Waals surface area contributed by atoms with Gasteiger partial charge in [0, 0.05) is 19.3 Å². The average Bonchev–Trinajstić information content (AvgIpc) is 2.54. The summed E-state index contributed by atoms with van der Waals surface area (Å²) in [6.07, 6.45) is 3.50. The Balaban J connectivity index is 0.00000264. The van der Waals surface area contributed by atoms with E-state index in [0.29, 0.717) is 24.7 Å². The van der Waals surface area contributed by atoms with E-state index >= 15 is 0 Å². The summed E-state index contributed by atoms with van der Waals surface area (Å²) in [5.41, 5.74) is 2.12. The molecule has 1 N–H and O–H groups in total. The highest BCUT2D eigenvalue weighted by Crippen LogP contribution is 2.36. The summed E-state index contributed by atoms with van der Waals surface area (Å²) in [5.74, 6) is 1.39. The van der Waals surface area contributed by atoms with Crippen LogP contribution in [-0.2, 0) is 13.1 Å². The van der Waals surface area contributed by atoms with Gasteiger partial charge in [-0.05, 0) is 45.8 Å². The highest BCUT2D eigenvalue weighted by molar-refractivity contribution is 9.10. The molecule has 0 fully saturated rings. The van der Waals surface area contributed by atoms with E-state index in [2.05, 4.69) is 32.8 Å². The smallest absolute Gasteiger partial charge is 0.175 e. The zero-order chi connectivity index (χ0) is 15.8. The Morgan fingerprint density at radius 3 is 2.78 bits per heavy atom. The molecule has 0 aliphatic heterocycles. The van der Waals surface area contributed by atoms with Crippen LogP contribution in [0.1, 0.15) is 11.3 Å². The molecule has 2 rings (SSSR count). The SMILES string of the molecule is C=CCOc1c(Br)cc(CNCc2ccccn2)cc1OC.[Cl-]. The van der Waals surface area contributed by atoms with Gasteiger partial charge >= 0.3 is 0 Å². The van der Waals surface area contributed by atoms with Crippen LogP contribution < -0.4 is 27.2 Å². The molecule has 124 valence electrons. The van der Waals surface area contributed by atoms with Gasteiger partial charge in [0.2, 0.25) is 0 Å². The van der Waals surface area contributed by atoms with Crippen LogP contribution in [0.5, 0.6) is 11.5 Å². The summed E-state index contributed by atoms with van der Waals surface area (Å²) >= 11 is 3.53. The number of nitrogens with zero attached hydrogens (tertiary/aromatic N) is 1. The van der Waals surface area contributed by atoms with E-state index in [-0.39, 0.29) is 12.4 Å². The zero-order valence-electron chi connectivity index (χ0n) is 12.9. The largest absolute Gasteiger partial charge is 1.00 e. The molecule has 6 heteroatoms. The number of hydrogen-bond acceptors (Lipinski definition) is 4. The molecule has 0 unspecified atom stereocenters. The second kappa shape index (κ2) is 10.3. The Hall–Kier alpha value is -1.56. The maximum absolute atomic E-state index is 5.62. The summed E-state index contributed by atoms with van der Waals surface area (Å²) in [5, 5.41) is 3.36. The van der Waals surface area contributed by atoms with Gasteiger partial charge in [-0.1, -0.05) is 18.7 Å². The van der Waals surface area contributed by atoms with Crippen LogP contribution >= 0.6 is 15.9 Å². The molecule has 0 spiro atoms. The van der Waals surface area contributed by atoms with Gasteiger partial charge in [0.05, 0.1) is 17.3 Å². The third-order valence-corrected chi connectivity index (χ3v) is 3.59. The van der Waals surface area contributed by atoms with Crippen molar-refractivity contribution < 1.29 is 21.9 Å². The van der Waals surface area contributed by atoms with Crippen molar-refractivity contribution in [3.63, 3.8) is 0 Å². The Morgan fingerprint density at radius 2 is 2.13 bits per heavy atom. The van der Waals surface area contributed by atoms with Crippen molar-refractivity contribution in [3.05, 3.63) is 64.9 Å². The van der Waals surface area contributed by atoms with E-state index in [1.807, 2.05) is 30.3 Å². The molecule has 23 heavy (non-hydrogen) atoms. The van der Waals surface area contributed by atoms with Gasteiger partial charge in [-0.2, -0.15) is 0 Å². The van der Waals surface area contributed by atoms with Crippen LogP contribution in [0, 0.1) is 0 Å². The van der Waals surface area contributed by atoms with Crippen LogP contribution in [0.2, 0.25) is 0 Å². The first kappa shape index (κ1) is 19.5. The number of benzene rings is 1. The molecule has 0 amide bonds. The van der Waals surface area contributed by atoms with E-state index in [1.165, 1.54) is 0 Å². The number of ether oxygens (including phenoxy) is 2. The lowest BCUT2D eigenvalue weighted by atomic mass is 10.2. The fraction of sp³-hybridized carbons (Fsp3) is 0.235. The van der Waals surface area contributed by atoms with Crippen molar-refractivity contribution in [1.82, 2.24) is 10.3 Å². The molecular weight excluding hydrogens is 380 g/mol. The fourth-order valence-electron chi connectivity index (χ4n) is 2.00. The molecule has 0 saturated heterocycles. The lowest BCUT2D eigenvalue weighted by Gasteiger charge is -2.14. The lowest BCUT2D eigenvalue weighted by Crippen LogP contribution is -3.00. The molecule has 1 heterocycles. The van der Waals surface area contributed by atoms with Gasteiger partial charge < -0.3 is 27.2 Å². The van der Waals surface area contributed by atoms with E-state index < -0.39 is 0 Å². The molecule has 0 bridgehead atoms. The molecule has 1 aromatic carbocycles. The standard InChI is InChI=1S/C17H19BrN2O2.ClH/c1-3-8-22-17-15(18)9-13(10-16(17)21-2)11-19-12-14-6-4-5-7-20-14;/h3-7,9-10,19H,1,8,11-12H2,2H3;1H/p-1. The third-order valence-electron chi connectivity index (χ3n) is 3.00. The van der Waals surface area contributed by atoms with Crippen molar-refractivity contribution in [3.8, 4) is 11.5 Å². The maximum Gasteiger partial charge on any atom is 0.175 e. The van der Waals surface area contributed by atoms with Gasteiger partial charge in [0.15, 0.2) is 11.5 Å². The van der Waals surface area contributed by atoms with Crippen molar-refractivity contribution in [1.29, 1.82) is 0 Å². The van der Waals surface area contributed by atoms with E-state index in [4.69, 9.17) is 9.47 Å². The molecule has 4 nitrogen and oxygen atoms in total. The number of rotatable bonds is 8. The Morgan fingerprint density at radius 1 is 1.30 bits per heavy atom. The van der Waals surface area contributed by atoms with E-state index in [1.54, 1.807) is 19.4 Å². The van der Waals surface area contributed by atoms with Gasteiger partial charge in [-0.25, -0.2) is 0 Å². The zero-order valence-corrected chi connectivity index (χ0v) is 15.2. The van der Waals surface area contributed by atoms with Crippen molar-refractivity contribution in [2.45, 2.75) is 13.1 Å². The highest BCUT2D eigenvalue weighted by atomic mass is 79.9. The van der Waals surface area contributed by atoms with E-state index in [0.717, 1.165) is 22.3 Å².